The van der Waals surface area contributed by atoms with Gasteiger partial charge in [0.05, 0.1) is 25.5 Å². The van der Waals surface area contributed by atoms with Gasteiger partial charge in [-0.05, 0) is 18.1 Å². The van der Waals surface area contributed by atoms with E-state index in [1.165, 1.54) is 0 Å². The molecule has 2 N–H and O–H groups in total. The van der Waals surface area contributed by atoms with Crippen molar-refractivity contribution in [2.45, 2.75) is 13.0 Å². The van der Waals surface area contributed by atoms with Crippen molar-refractivity contribution in [2.75, 3.05) is 63.4 Å². The van der Waals surface area contributed by atoms with Crippen molar-refractivity contribution < 1.29 is 24.5 Å². The zero-order chi connectivity index (χ0) is 24.1. The van der Waals surface area contributed by atoms with Crippen LogP contribution in [0.5, 0.6) is 0 Å². The molecular weight excluding hydrogens is 438 g/mol. The third-order valence-electron chi connectivity index (χ3n) is 5.80. The lowest BCUT2D eigenvalue weighted by atomic mass is 10.1. The van der Waals surface area contributed by atoms with E-state index >= 15 is 0 Å². The molecule has 10 nitrogen and oxygen atoms in total. The number of hydrogen-bond donors (Lipinski definition) is 2. The summed E-state index contributed by atoms with van der Waals surface area (Å²) in [6.45, 7) is 3.63. The molecule has 3 heterocycles. The van der Waals surface area contributed by atoms with Crippen LogP contribution in [0.3, 0.4) is 0 Å². The number of nitrogens with zero attached hydrogens (tertiary/aromatic N) is 5. The van der Waals surface area contributed by atoms with Gasteiger partial charge in [-0.25, -0.2) is 19.7 Å². The van der Waals surface area contributed by atoms with Crippen molar-refractivity contribution in [1.82, 2.24) is 15.0 Å². The summed E-state index contributed by atoms with van der Waals surface area (Å²) in [7, 11) is 3.49. The molecule has 1 fully saturated rings. The second-order valence-electron chi connectivity index (χ2n) is 8.12. The summed E-state index contributed by atoms with van der Waals surface area (Å²) in [5.74, 6) is -0.580. The summed E-state index contributed by atoms with van der Waals surface area (Å²) < 4.78 is 10.8. The summed E-state index contributed by atoms with van der Waals surface area (Å²) in [4.78, 5) is 30.1. The van der Waals surface area contributed by atoms with Gasteiger partial charge in [0.1, 0.15) is 16.7 Å². The Kier molecular flexibility index (Phi) is 7.51. The number of anilines is 2. The molecule has 3 aromatic rings. The number of rotatable bonds is 8. The molecule has 180 valence electrons. The highest BCUT2D eigenvalue weighted by molar-refractivity contribution is 6.01. The first-order valence-corrected chi connectivity index (χ1v) is 11.2. The molecule has 0 radical (unpaired) electrons. The fraction of sp³-hybridized carbons (Fsp3) is 0.417. The minimum Gasteiger partial charge on any atom is -0.477 e. The second kappa shape index (κ2) is 10.7. The molecule has 1 aliphatic heterocycles. The van der Waals surface area contributed by atoms with Crippen molar-refractivity contribution >= 4 is 28.6 Å². The number of pyridine rings is 1. The summed E-state index contributed by atoms with van der Waals surface area (Å²) in [5, 5.41) is 19.2. The zero-order valence-electron chi connectivity index (χ0n) is 19.4. The normalized spacial score (nSPS) is 14.3. The Morgan fingerprint density at radius 1 is 1.15 bits per heavy atom. The Bertz CT molecular complexity index is 1150. The number of methoxy groups -OCH3 is 1. The summed E-state index contributed by atoms with van der Waals surface area (Å²) in [5.41, 5.74) is 3.61. The van der Waals surface area contributed by atoms with Gasteiger partial charge in [0.2, 0.25) is 5.95 Å². The third-order valence-corrected chi connectivity index (χ3v) is 5.80. The van der Waals surface area contributed by atoms with Gasteiger partial charge in [0.25, 0.3) is 0 Å². The number of carboxylic acid groups (broad SMARTS) is 1. The number of benzene rings is 1. The number of ether oxygens (including phenoxy) is 2. The topological polar surface area (TPSA) is 121 Å². The van der Waals surface area contributed by atoms with E-state index in [1.54, 1.807) is 13.2 Å². The molecule has 1 aliphatic rings. The largest absolute Gasteiger partial charge is 0.477 e. The standard InChI is InChI=1S/C24H29N5O5/c1-28(9-12-33-2)19-14-18(23(31)32)25-22-20(17-6-4-16(15-30)5-7-17)26-24(27-21(19)22)29-8-3-11-34-13-10-29/h4-7,14,30H,3,8-13,15H2,1-2H3,(H,31,32). The van der Waals surface area contributed by atoms with Gasteiger partial charge < -0.3 is 29.5 Å². The molecule has 10 heteroatoms. The smallest absolute Gasteiger partial charge is 0.354 e. The van der Waals surface area contributed by atoms with Crippen LogP contribution < -0.4 is 9.80 Å². The highest BCUT2D eigenvalue weighted by Gasteiger charge is 2.22. The van der Waals surface area contributed by atoms with Crippen molar-refractivity contribution in [3.8, 4) is 11.3 Å². The number of aliphatic hydroxyl groups is 1. The van der Waals surface area contributed by atoms with Gasteiger partial charge in [0, 0.05) is 46.0 Å². The monoisotopic (exact) mass is 467 g/mol. The minimum atomic E-state index is -1.13. The first-order valence-electron chi connectivity index (χ1n) is 11.2. The molecule has 2 aromatic heterocycles. The number of fused-ring (bicyclic) bond motifs is 1. The SMILES string of the molecule is COCCN(C)c1cc(C(=O)O)nc2c(-c3ccc(CO)cc3)nc(N3CCCOCC3)nc12. The lowest BCUT2D eigenvalue weighted by molar-refractivity contribution is 0.0691. The lowest BCUT2D eigenvalue weighted by Gasteiger charge is -2.24. The first kappa shape index (κ1) is 23.8. The maximum atomic E-state index is 11.9. The molecule has 1 aromatic carbocycles. The zero-order valence-corrected chi connectivity index (χ0v) is 19.4. The molecule has 1 saturated heterocycles. The number of aromatic nitrogens is 3. The number of carbonyl (C=O) groups is 1. The van der Waals surface area contributed by atoms with Gasteiger partial charge in [-0.1, -0.05) is 24.3 Å². The lowest BCUT2D eigenvalue weighted by Crippen LogP contribution is -2.28. The van der Waals surface area contributed by atoms with Crippen LogP contribution in [0.2, 0.25) is 0 Å². The quantitative estimate of drug-likeness (QED) is 0.510. The van der Waals surface area contributed by atoms with Gasteiger partial charge >= 0.3 is 5.97 Å². The number of aromatic carboxylic acids is 1. The van der Waals surface area contributed by atoms with E-state index in [-0.39, 0.29) is 12.3 Å². The summed E-state index contributed by atoms with van der Waals surface area (Å²) in [6, 6.07) is 8.88. The molecule has 0 spiro atoms. The van der Waals surface area contributed by atoms with Crippen molar-refractivity contribution in [3.63, 3.8) is 0 Å². The van der Waals surface area contributed by atoms with E-state index in [1.807, 2.05) is 36.2 Å². The molecule has 0 amide bonds. The van der Waals surface area contributed by atoms with Crippen molar-refractivity contribution in [3.05, 3.63) is 41.6 Å². The average Bonchev–Trinajstić information content (AvgIpc) is 3.15. The Morgan fingerprint density at radius 2 is 1.94 bits per heavy atom. The predicted molar refractivity (Wildman–Crippen MR) is 128 cm³/mol. The third kappa shape index (κ3) is 5.09. The maximum Gasteiger partial charge on any atom is 0.354 e. The first-order chi connectivity index (χ1) is 16.5. The number of hydrogen-bond acceptors (Lipinski definition) is 9. The molecule has 0 bridgehead atoms. The van der Waals surface area contributed by atoms with Crippen LogP contribution in [0.25, 0.3) is 22.3 Å². The van der Waals surface area contributed by atoms with E-state index in [0.29, 0.717) is 61.3 Å². The van der Waals surface area contributed by atoms with E-state index < -0.39 is 5.97 Å². The predicted octanol–water partition coefficient (Wildman–Crippen LogP) is 2.19. The fourth-order valence-electron chi connectivity index (χ4n) is 3.88. The molecule has 0 saturated carbocycles. The van der Waals surface area contributed by atoms with Crippen LogP contribution in [0, 0.1) is 0 Å². The van der Waals surface area contributed by atoms with Crippen LogP contribution in [0.4, 0.5) is 11.6 Å². The molecule has 34 heavy (non-hydrogen) atoms. The molecule has 0 unspecified atom stereocenters. The van der Waals surface area contributed by atoms with Gasteiger partial charge in [0.15, 0.2) is 5.69 Å². The molecule has 4 rings (SSSR count). The van der Waals surface area contributed by atoms with Crippen LogP contribution in [0.15, 0.2) is 30.3 Å². The van der Waals surface area contributed by atoms with E-state index in [9.17, 15) is 15.0 Å². The van der Waals surface area contributed by atoms with Crippen LogP contribution in [-0.2, 0) is 16.1 Å². The van der Waals surface area contributed by atoms with E-state index in [0.717, 1.165) is 24.1 Å². The van der Waals surface area contributed by atoms with Gasteiger partial charge in [-0.2, -0.15) is 0 Å². The highest BCUT2D eigenvalue weighted by Crippen LogP contribution is 2.33. The van der Waals surface area contributed by atoms with E-state index in [2.05, 4.69) is 9.88 Å². The summed E-state index contributed by atoms with van der Waals surface area (Å²) in [6.07, 6.45) is 0.860. The highest BCUT2D eigenvalue weighted by atomic mass is 16.5. The van der Waals surface area contributed by atoms with Gasteiger partial charge in [-0.3, -0.25) is 0 Å². The Balaban J connectivity index is 1.96. The molecular formula is C24H29N5O5. The number of likely N-dealkylation sites (N-methyl/N-ethyl adjacent to an activating group) is 1. The Hall–Kier alpha value is -3.34. The van der Waals surface area contributed by atoms with Crippen LogP contribution >= 0.6 is 0 Å². The minimum absolute atomic E-state index is 0.0698. The van der Waals surface area contributed by atoms with E-state index in [4.69, 9.17) is 19.4 Å². The van der Waals surface area contributed by atoms with Crippen LogP contribution in [0.1, 0.15) is 22.5 Å². The second-order valence-corrected chi connectivity index (χ2v) is 8.12. The summed E-state index contributed by atoms with van der Waals surface area (Å²) >= 11 is 0. The molecule has 0 aliphatic carbocycles. The van der Waals surface area contributed by atoms with Crippen molar-refractivity contribution in [2.24, 2.45) is 0 Å². The number of carboxylic acids is 1. The van der Waals surface area contributed by atoms with Crippen LogP contribution in [-0.4, -0.2) is 84.7 Å². The maximum absolute atomic E-state index is 11.9. The van der Waals surface area contributed by atoms with Gasteiger partial charge in [-0.15, -0.1) is 0 Å². The Morgan fingerprint density at radius 3 is 2.65 bits per heavy atom. The average molecular weight is 468 g/mol. The Labute approximate surface area is 197 Å². The van der Waals surface area contributed by atoms with Crippen molar-refractivity contribution in [1.29, 1.82) is 0 Å². The molecule has 0 atom stereocenters. The number of aliphatic hydroxyl groups excluding tert-OH is 1. The fourth-order valence-corrected chi connectivity index (χ4v) is 3.88.